The minimum absolute atomic E-state index is 0.825. The SMILES string of the molecule is CCCCCCC(=CN)Nc1ccc(N=Nc2ccccc2)cc1. The van der Waals surface area contributed by atoms with Crippen molar-refractivity contribution in [2.24, 2.45) is 16.0 Å². The van der Waals surface area contributed by atoms with Crippen LogP contribution in [0.2, 0.25) is 0 Å². The first-order chi connectivity index (χ1) is 11.8. The van der Waals surface area contributed by atoms with Gasteiger partial charge in [0.25, 0.3) is 0 Å². The molecule has 4 heteroatoms. The van der Waals surface area contributed by atoms with Crippen LogP contribution in [0.4, 0.5) is 17.1 Å². The van der Waals surface area contributed by atoms with Crippen molar-refractivity contribution in [3.05, 3.63) is 66.5 Å². The number of allylic oxidation sites excluding steroid dienone is 1. The van der Waals surface area contributed by atoms with E-state index >= 15 is 0 Å². The Hall–Kier alpha value is -2.62. The van der Waals surface area contributed by atoms with Gasteiger partial charge in [-0.1, -0.05) is 44.4 Å². The first kappa shape index (κ1) is 17.7. The molecule has 126 valence electrons. The van der Waals surface area contributed by atoms with Gasteiger partial charge in [0.05, 0.1) is 11.4 Å². The lowest BCUT2D eigenvalue weighted by molar-refractivity contribution is 0.665. The number of hydrogen-bond donors (Lipinski definition) is 2. The molecule has 3 N–H and O–H groups in total. The van der Waals surface area contributed by atoms with Gasteiger partial charge < -0.3 is 11.1 Å². The van der Waals surface area contributed by atoms with Gasteiger partial charge >= 0.3 is 0 Å². The highest BCUT2D eigenvalue weighted by Crippen LogP contribution is 2.21. The first-order valence-corrected chi connectivity index (χ1v) is 8.56. The van der Waals surface area contributed by atoms with E-state index in [-0.39, 0.29) is 0 Å². The van der Waals surface area contributed by atoms with Gasteiger partial charge in [-0.05, 0) is 49.2 Å². The molecule has 0 saturated heterocycles. The van der Waals surface area contributed by atoms with Gasteiger partial charge in [-0.3, -0.25) is 0 Å². The fourth-order valence-corrected chi connectivity index (χ4v) is 2.34. The Balaban J connectivity index is 1.88. The summed E-state index contributed by atoms with van der Waals surface area (Å²) in [6.45, 7) is 2.22. The Morgan fingerprint density at radius 1 is 0.917 bits per heavy atom. The third-order valence-corrected chi connectivity index (χ3v) is 3.71. The Bertz CT molecular complexity index is 645. The second kappa shape index (κ2) is 10.2. The van der Waals surface area contributed by atoms with Gasteiger partial charge in [0.2, 0.25) is 0 Å². The molecule has 0 aliphatic carbocycles. The molecule has 0 unspecified atom stereocenters. The van der Waals surface area contributed by atoms with E-state index < -0.39 is 0 Å². The van der Waals surface area contributed by atoms with Gasteiger partial charge in [-0.2, -0.15) is 10.2 Å². The molecule has 0 heterocycles. The highest BCUT2D eigenvalue weighted by Gasteiger charge is 1.99. The predicted molar refractivity (Wildman–Crippen MR) is 102 cm³/mol. The zero-order valence-corrected chi connectivity index (χ0v) is 14.3. The molecule has 0 aliphatic rings. The molecule has 0 amide bonds. The van der Waals surface area contributed by atoms with Crippen molar-refractivity contribution in [3.8, 4) is 0 Å². The number of nitrogens with zero attached hydrogens (tertiary/aromatic N) is 2. The second-order valence-electron chi connectivity index (χ2n) is 5.71. The summed E-state index contributed by atoms with van der Waals surface area (Å²) >= 11 is 0. The minimum Gasteiger partial charge on any atom is -0.403 e. The van der Waals surface area contributed by atoms with Crippen molar-refractivity contribution in [2.75, 3.05) is 5.32 Å². The van der Waals surface area contributed by atoms with Crippen LogP contribution in [-0.4, -0.2) is 0 Å². The number of azo groups is 1. The van der Waals surface area contributed by atoms with Crippen LogP contribution in [-0.2, 0) is 0 Å². The predicted octanol–water partition coefficient (Wildman–Crippen LogP) is 6.28. The lowest BCUT2D eigenvalue weighted by Gasteiger charge is -2.10. The number of anilines is 1. The summed E-state index contributed by atoms with van der Waals surface area (Å²) in [5.74, 6) is 0. The molecule has 0 fully saturated rings. The van der Waals surface area contributed by atoms with Crippen LogP contribution < -0.4 is 11.1 Å². The summed E-state index contributed by atoms with van der Waals surface area (Å²) < 4.78 is 0. The summed E-state index contributed by atoms with van der Waals surface area (Å²) in [6.07, 6.45) is 7.57. The smallest absolute Gasteiger partial charge is 0.0858 e. The Kier molecular flexibility index (Phi) is 7.54. The summed E-state index contributed by atoms with van der Waals surface area (Å²) in [6, 6.07) is 17.6. The van der Waals surface area contributed by atoms with E-state index in [9.17, 15) is 0 Å². The molecular weight excluding hydrogens is 296 g/mol. The average Bonchev–Trinajstić information content (AvgIpc) is 2.64. The lowest BCUT2D eigenvalue weighted by Crippen LogP contribution is -2.02. The number of nitrogens with one attached hydrogen (secondary N) is 1. The Morgan fingerprint density at radius 3 is 2.21 bits per heavy atom. The number of unbranched alkanes of at least 4 members (excludes halogenated alkanes) is 3. The van der Waals surface area contributed by atoms with Crippen molar-refractivity contribution in [2.45, 2.75) is 39.0 Å². The number of nitrogens with two attached hydrogens (primary N) is 1. The fourth-order valence-electron chi connectivity index (χ4n) is 2.34. The van der Waals surface area contributed by atoms with Crippen LogP contribution in [0.1, 0.15) is 39.0 Å². The lowest BCUT2D eigenvalue weighted by atomic mass is 10.1. The van der Waals surface area contributed by atoms with Gasteiger partial charge in [0.15, 0.2) is 0 Å². The van der Waals surface area contributed by atoms with Crippen molar-refractivity contribution in [1.82, 2.24) is 0 Å². The van der Waals surface area contributed by atoms with E-state index in [2.05, 4.69) is 22.5 Å². The van der Waals surface area contributed by atoms with E-state index in [1.807, 2.05) is 54.6 Å². The summed E-state index contributed by atoms with van der Waals surface area (Å²) in [7, 11) is 0. The van der Waals surface area contributed by atoms with Crippen LogP contribution in [0.15, 0.2) is 76.7 Å². The standard InChI is InChI=1S/C20H26N4/c1-2-3-4-6-11-20(16-21)22-17-12-14-19(15-13-17)24-23-18-9-7-5-8-10-18/h5,7-10,12-16,22H,2-4,6,11,21H2,1H3. The number of benzene rings is 2. The molecule has 0 spiro atoms. The quantitative estimate of drug-likeness (QED) is 0.421. The molecule has 0 saturated carbocycles. The summed E-state index contributed by atoms with van der Waals surface area (Å²) in [5.41, 5.74) is 9.47. The fraction of sp³-hybridized carbons (Fsp3) is 0.300. The van der Waals surface area contributed by atoms with E-state index in [1.54, 1.807) is 6.20 Å². The van der Waals surface area contributed by atoms with Crippen LogP contribution in [0.3, 0.4) is 0 Å². The Labute approximate surface area is 144 Å². The maximum Gasteiger partial charge on any atom is 0.0858 e. The normalized spacial score (nSPS) is 11.8. The van der Waals surface area contributed by atoms with Crippen LogP contribution in [0.5, 0.6) is 0 Å². The molecule has 2 rings (SSSR count). The van der Waals surface area contributed by atoms with Crippen molar-refractivity contribution in [3.63, 3.8) is 0 Å². The molecule has 24 heavy (non-hydrogen) atoms. The van der Waals surface area contributed by atoms with Crippen molar-refractivity contribution < 1.29 is 0 Å². The monoisotopic (exact) mass is 322 g/mol. The van der Waals surface area contributed by atoms with E-state index in [4.69, 9.17) is 5.73 Å². The molecule has 0 atom stereocenters. The van der Waals surface area contributed by atoms with Crippen LogP contribution in [0, 0.1) is 0 Å². The van der Waals surface area contributed by atoms with Gasteiger partial charge in [-0.25, -0.2) is 0 Å². The highest BCUT2D eigenvalue weighted by molar-refractivity contribution is 5.53. The molecule has 0 radical (unpaired) electrons. The van der Waals surface area contributed by atoms with E-state index in [0.717, 1.165) is 35.6 Å². The number of rotatable bonds is 9. The highest BCUT2D eigenvalue weighted by atomic mass is 15.1. The maximum absolute atomic E-state index is 5.72. The van der Waals surface area contributed by atoms with Gasteiger partial charge in [-0.15, -0.1) is 0 Å². The maximum atomic E-state index is 5.72. The summed E-state index contributed by atoms with van der Waals surface area (Å²) in [4.78, 5) is 0. The molecule has 2 aromatic carbocycles. The van der Waals surface area contributed by atoms with Crippen LogP contribution >= 0.6 is 0 Å². The van der Waals surface area contributed by atoms with Gasteiger partial charge in [0, 0.05) is 17.6 Å². The van der Waals surface area contributed by atoms with Crippen molar-refractivity contribution >= 4 is 17.1 Å². The van der Waals surface area contributed by atoms with Crippen molar-refractivity contribution in [1.29, 1.82) is 0 Å². The summed E-state index contributed by atoms with van der Waals surface area (Å²) in [5, 5.41) is 11.8. The van der Waals surface area contributed by atoms with Gasteiger partial charge in [0.1, 0.15) is 0 Å². The van der Waals surface area contributed by atoms with E-state index in [0.29, 0.717) is 0 Å². The molecular formula is C20H26N4. The average molecular weight is 322 g/mol. The zero-order chi connectivity index (χ0) is 17.0. The zero-order valence-electron chi connectivity index (χ0n) is 14.3. The second-order valence-corrected chi connectivity index (χ2v) is 5.71. The number of hydrogen-bond acceptors (Lipinski definition) is 4. The minimum atomic E-state index is 0.825. The third kappa shape index (κ3) is 6.24. The molecule has 2 aromatic rings. The topological polar surface area (TPSA) is 62.8 Å². The molecule has 4 nitrogen and oxygen atoms in total. The largest absolute Gasteiger partial charge is 0.403 e. The third-order valence-electron chi connectivity index (χ3n) is 3.71. The first-order valence-electron chi connectivity index (χ1n) is 8.56. The molecule has 0 bridgehead atoms. The van der Waals surface area contributed by atoms with E-state index in [1.165, 1.54) is 19.3 Å². The molecule has 0 aromatic heterocycles. The van der Waals surface area contributed by atoms with Crippen LogP contribution in [0.25, 0.3) is 0 Å². The molecule has 0 aliphatic heterocycles. The Morgan fingerprint density at radius 2 is 1.58 bits per heavy atom.